The van der Waals surface area contributed by atoms with E-state index in [1.807, 2.05) is 66.7 Å². The maximum atomic E-state index is 12.7. The normalized spacial score (nSPS) is 11.6. The predicted molar refractivity (Wildman–Crippen MR) is 129 cm³/mol. The van der Waals surface area contributed by atoms with Crippen LogP contribution in [0.1, 0.15) is 24.1 Å². The topological polar surface area (TPSA) is 64.6 Å². The SMILES string of the molecule is CC(=O)N[C@H](c1ccccc1Cl)c1c(OC(=O)COc2ccccc2)ccc2ccccc12. The van der Waals surface area contributed by atoms with Crippen molar-refractivity contribution in [2.45, 2.75) is 13.0 Å². The molecule has 0 aliphatic heterocycles. The summed E-state index contributed by atoms with van der Waals surface area (Å²) >= 11 is 6.50. The first-order chi connectivity index (χ1) is 16.0. The van der Waals surface area contributed by atoms with Crippen molar-refractivity contribution in [1.29, 1.82) is 0 Å². The Hall–Kier alpha value is -3.83. The predicted octanol–water partition coefficient (Wildman–Crippen LogP) is 5.70. The maximum absolute atomic E-state index is 12.7. The highest BCUT2D eigenvalue weighted by molar-refractivity contribution is 6.31. The average Bonchev–Trinajstić information content (AvgIpc) is 2.82. The lowest BCUT2D eigenvalue weighted by molar-refractivity contribution is -0.136. The molecule has 166 valence electrons. The highest BCUT2D eigenvalue weighted by atomic mass is 35.5. The average molecular weight is 460 g/mol. The summed E-state index contributed by atoms with van der Waals surface area (Å²) in [5, 5.41) is 5.24. The van der Waals surface area contributed by atoms with Crippen molar-refractivity contribution in [2.75, 3.05) is 6.61 Å². The number of halogens is 1. The van der Waals surface area contributed by atoms with Crippen LogP contribution in [0.25, 0.3) is 10.8 Å². The lowest BCUT2D eigenvalue weighted by Crippen LogP contribution is -2.28. The fourth-order valence-corrected chi connectivity index (χ4v) is 3.94. The summed E-state index contributed by atoms with van der Waals surface area (Å²) in [6, 6.07) is 27.0. The summed E-state index contributed by atoms with van der Waals surface area (Å²) in [5.74, 6) is 0.100. The Balaban J connectivity index is 1.75. The molecule has 0 unspecified atom stereocenters. The van der Waals surface area contributed by atoms with E-state index in [1.54, 1.807) is 24.3 Å². The minimum atomic E-state index is -0.625. The van der Waals surface area contributed by atoms with Crippen LogP contribution in [-0.2, 0) is 9.59 Å². The summed E-state index contributed by atoms with van der Waals surface area (Å²) < 4.78 is 11.3. The molecule has 1 atom stereocenters. The fraction of sp³-hybridized carbons (Fsp3) is 0.111. The van der Waals surface area contributed by atoms with Crippen LogP contribution in [0.15, 0.2) is 91.0 Å². The third kappa shape index (κ3) is 5.33. The molecule has 0 saturated heterocycles. The molecule has 6 heteroatoms. The van der Waals surface area contributed by atoms with E-state index in [4.69, 9.17) is 21.1 Å². The molecule has 1 amide bonds. The van der Waals surface area contributed by atoms with E-state index in [9.17, 15) is 9.59 Å². The van der Waals surface area contributed by atoms with Gasteiger partial charge in [0.05, 0.1) is 6.04 Å². The van der Waals surface area contributed by atoms with Gasteiger partial charge in [-0.2, -0.15) is 0 Å². The lowest BCUT2D eigenvalue weighted by atomic mass is 9.92. The van der Waals surface area contributed by atoms with Crippen LogP contribution in [0.3, 0.4) is 0 Å². The fourth-order valence-electron chi connectivity index (χ4n) is 3.69. The van der Waals surface area contributed by atoms with Gasteiger partial charge in [-0.05, 0) is 40.6 Å². The standard InChI is InChI=1S/C27H22ClNO4/c1-18(30)29-27(22-13-7-8-14-23(22)28)26-21-12-6-5-9-19(21)15-16-24(26)33-25(31)17-32-20-10-3-2-4-11-20/h2-16,27H,17H2,1H3,(H,29,30)/t27-/m1/s1. The van der Waals surface area contributed by atoms with Gasteiger partial charge in [0.15, 0.2) is 6.61 Å². The molecule has 4 rings (SSSR count). The number of amides is 1. The first kappa shape index (κ1) is 22.4. The van der Waals surface area contributed by atoms with Gasteiger partial charge >= 0.3 is 5.97 Å². The third-order valence-corrected chi connectivity index (χ3v) is 5.45. The number of para-hydroxylation sites is 1. The van der Waals surface area contributed by atoms with Gasteiger partial charge in [-0.15, -0.1) is 0 Å². The van der Waals surface area contributed by atoms with Gasteiger partial charge in [-0.25, -0.2) is 4.79 Å². The van der Waals surface area contributed by atoms with E-state index in [2.05, 4.69) is 5.32 Å². The van der Waals surface area contributed by atoms with Crippen molar-refractivity contribution >= 4 is 34.2 Å². The molecule has 0 aliphatic rings. The van der Waals surface area contributed by atoms with Crippen molar-refractivity contribution in [1.82, 2.24) is 5.32 Å². The van der Waals surface area contributed by atoms with Crippen LogP contribution < -0.4 is 14.8 Å². The number of esters is 1. The lowest BCUT2D eigenvalue weighted by Gasteiger charge is -2.24. The second kappa shape index (κ2) is 10.2. The number of ether oxygens (including phenoxy) is 2. The summed E-state index contributed by atoms with van der Waals surface area (Å²) in [4.78, 5) is 24.8. The van der Waals surface area contributed by atoms with Crippen LogP contribution in [-0.4, -0.2) is 18.5 Å². The van der Waals surface area contributed by atoms with Crippen molar-refractivity contribution in [2.24, 2.45) is 0 Å². The number of carbonyl (C=O) groups is 2. The van der Waals surface area contributed by atoms with Crippen LogP contribution in [0.2, 0.25) is 5.02 Å². The summed E-state index contributed by atoms with van der Waals surface area (Å²) in [6.07, 6.45) is 0. The first-order valence-electron chi connectivity index (χ1n) is 10.4. The van der Waals surface area contributed by atoms with Gasteiger partial charge in [0.1, 0.15) is 11.5 Å². The van der Waals surface area contributed by atoms with E-state index in [1.165, 1.54) is 6.92 Å². The van der Waals surface area contributed by atoms with Crippen LogP contribution in [0.5, 0.6) is 11.5 Å². The molecule has 4 aromatic rings. The highest BCUT2D eigenvalue weighted by Crippen LogP contribution is 2.38. The van der Waals surface area contributed by atoms with E-state index >= 15 is 0 Å². The minimum absolute atomic E-state index is 0.238. The van der Waals surface area contributed by atoms with Gasteiger partial charge < -0.3 is 14.8 Å². The maximum Gasteiger partial charge on any atom is 0.349 e. The molecular weight excluding hydrogens is 438 g/mol. The number of hydrogen-bond acceptors (Lipinski definition) is 4. The molecule has 0 saturated carbocycles. The Morgan fingerprint density at radius 3 is 2.33 bits per heavy atom. The quantitative estimate of drug-likeness (QED) is 0.284. The van der Waals surface area contributed by atoms with E-state index < -0.39 is 12.0 Å². The zero-order valence-corrected chi connectivity index (χ0v) is 18.7. The molecule has 5 nitrogen and oxygen atoms in total. The van der Waals surface area contributed by atoms with E-state index in [0.717, 1.165) is 10.8 Å². The third-order valence-electron chi connectivity index (χ3n) is 5.11. The molecule has 33 heavy (non-hydrogen) atoms. The second-order valence-electron chi connectivity index (χ2n) is 7.43. The van der Waals surface area contributed by atoms with E-state index in [-0.39, 0.29) is 12.5 Å². The van der Waals surface area contributed by atoms with Crippen molar-refractivity contribution < 1.29 is 19.1 Å². The Morgan fingerprint density at radius 1 is 0.879 bits per heavy atom. The summed E-state index contributed by atoms with van der Waals surface area (Å²) in [6.45, 7) is 1.18. The molecular formula is C27H22ClNO4. The molecule has 0 heterocycles. The molecule has 0 fully saturated rings. The molecule has 0 aliphatic carbocycles. The number of hydrogen-bond donors (Lipinski definition) is 1. The van der Waals surface area contributed by atoms with Gasteiger partial charge in [-0.3, -0.25) is 4.79 Å². The van der Waals surface area contributed by atoms with Crippen LogP contribution in [0, 0.1) is 0 Å². The Labute approximate surface area is 196 Å². The van der Waals surface area contributed by atoms with Gasteiger partial charge in [-0.1, -0.05) is 78.3 Å². The van der Waals surface area contributed by atoms with Gasteiger partial charge in [0.2, 0.25) is 5.91 Å². The zero-order valence-electron chi connectivity index (χ0n) is 18.0. The number of rotatable bonds is 7. The molecule has 4 aromatic carbocycles. The molecule has 0 aromatic heterocycles. The zero-order chi connectivity index (χ0) is 23.2. The number of benzene rings is 4. The Bertz CT molecular complexity index is 1290. The van der Waals surface area contributed by atoms with Gasteiger partial charge in [0.25, 0.3) is 0 Å². The molecule has 1 N–H and O–H groups in total. The highest BCUT2D eigenvalue weighted by Gasteiger charge is 2.25. The monoisotopic (exact) mass is 459 g/mol. The van der Waals surface area contributed by atoms with Crippen molar-refractivity contribution in [3.63, 3.8) is 0 Å². The van der Waals surface area contributed by atoms with Crippen molar-refractivity contribution in [3.05, 3.63) is 107 Å². The summed E-state index contributed by atoms with van der Waals surface area (Å²) in [5.41, 5.74) is 1.34. The summed E-state index contributed by atoms with van der Waals surface area (Å²) in [7, 11) is 0. The van der Waals surface area contributed by atoms with E-state index in [0.29, 0.717) is 27.6 Å². The molecule has 0 spiro atoms. The second-order valence-corrected chi connectivity index (χ2v) is 7.84. The Morgan fingerprint density at radius 2 is 1.58 bits per heavy atom. The molecule has 0 bridgehead atoms. The number of carbonyl (C=O) groups excluding carboxylic acids is 2. The largest absolute Gasteiger partial charge is 0.482 e. The van der Waals surface area contributed by atoms with Crippen LogP contribution >= 0.6 is 11.6 Å². The first-order valence-corrected chi connectivity index (χ1v) is 10.8. The van der Waals surface area contributed by atoms with Crippen LogP contribution in [0.4, 0.5) is 0 Å². The number of nitrogens with one attached hydrogen (secondary N) is 1. The molecule has 0 radical (unpaired) electrons. The Kier molecular flexibility index (Phi) is 6.91. The minimum Gasteiger partial charge on any atom is -0.482 e. The van der Waals surface area contributed by atoms with Crippen molar-refractivity contribution in [3.8, 4) is 11.5 Å². The van der Waals surface area contributed by atoms with Gasteiger partial charge in [0, 0.05) is 17.5 Å². The number of fused-ring (bicyclic) bond motifs is 1. The smallest absolute Gasteiger partial charge is 0.349 e.